The molecule has 3 heterocycles. The predicted molar refractivity (Wildman–Crippen MR) is 173 cm³/mol. The fourth-order valence-corrected chi connectivity index (χ4v) is 8.56. The Hall–Kier alpha value is -3.97. The monoisotopic (exact) mass is 680 g/mol. The number of benzene rings is 3. The Kier molecular flexibility index (Phi) is 10.4. The third kappa shape index (κ3) is 7.67. The van der Waals surface area contributed by atoms with Crippen molar-refractivity contribution in [3.05, 3.63) is 136 Å². The van der Waals surface area contributed by atoms with E-state index in [9.17, 15) is 26.4 Å². The van der Waals surface area contributed by atoms with Gasteiger partial charge in [0, 0.05) is 69.8 Å². The molecule has 48 heavy (non-hydrogen) atoms. The molecule has 4 aromatic rings. The topological polar surface area (TPSA) is 82.6 Å². The molecule has 12 heteroatoms. The molecule has 0 aliphatic carbocycles. The fraction of sp³-hybridized carbons (Fsp3) is 0.333. The Morgan fingerprint density at radius 2 is 1.62 bits per heavy atom. The van der Waals surface area contributed by atoms with Crippen molar-refractivity contribution in [1.82, 2.24) is 18.9 Å². The molecule has 0 unspecified atom stereocenters. The van der Waals surface area contributed by atoms with Crippen molar-refractivity contribution in [1.29, 1.82) is 0 Å². The molecule has 1 N–H and O–H groups in total. The fourth-order valence-electron chi connectivity index (χ4n) is 6.76. The normalized spacial score (nSPS) is 18.0. The number of Topliss-reactive ketones (excluding diaryl/α,β-unsaturated/α-hetero) is 1. The Morgan fingerprint density at radius 3 is 2.38 bits per heavy atom. The van der Waals surface area contributed by atoms with E-state index in [0.717, 1.165) is 35.5 Å². The number of carbonyl (C=O) groups excluding carboxylic acids is 1. The number of rotatable bonds is 11. The van der Waals surface area contributed by atoms with Gasteiger partial charge >= 0.3 is 0 Å². The summed E-state index contributed by atoms with van der Waals surface area (Å²) < 4.78 is 88.1. The van der Waals surface area contributed by atoms with Crippen LogP contribution in [0.15, 0.2) is 79.1 Å². The summed E-state index contributed by atoms with van der Waals surface area (Å²) in [5.41, 5.74) is 3.46. The number of ketones is 1. The van der Waals surface area contributed by atoms with E-state index in [4.69, 9.17) is 0 Å². The first kappa shape index (κ1) is 33.9. The second-order valence-corrected chi connectivity index (χ2v) is 14.2. The lowest BCUT2D eigenvalue weighted by Gasteiger charge is -2.39. The molecule has 2 atom stereocenters. The van der Waals surface area contributed by atoms with Crippen molar-refractivity contribution in [2.75, 3.05) is 26.2 Å². The molecule has 0 bridgehead atoms. The van der Waals surface area contributed by atoms with Crippen LogP contribution in [0.1, 0.15) is 52.1 Å². The smallest absolute Gasteiger partial charge is 0.282 e. The van der Waals surface area contributed by atoms with Crippen molar-refractivity contribution < 1.29 is 30.8 Å². The number of nitrogens with one attached hydrogen (secondary N) is 1. The number of pyridine rings is 1. The average molecular weight is 681 g/mol. The van der Waals surface area contributed by atoms with Gasteiger partial charge in [0.15, 0.2) is 0 Å². The zero-order valence-corrected chi connectivity index (χ0v) is 27.0. The molecule has 2 aliphatic heterocycles. The van der Waals surface area contributed by atoms with Crippen LogP contribution >= 0.6 is 0 Å². The molecular formula is C36H36F4N4O3S. The maximum atomic E-state index is 15.3. The quantitative estimate of drug-likeness (QED) is 0.212. The average Bonchev–Trinajstić information content (AvgIpc) is 3.07. The van der Waals surface area contributed by atoms with E-state index in [1.54, 1.807) is 0 Å². The highest BCUT2D eigenvalue weighted by Crippen LogP contribution is 2.31. The number of carbonyl (C=O) groups is 1. The van der Waals surface area contributed by atoms with Gasteiger partial charge in [-0.2, -0.15) is 17.0 Å². The van der Waals surface area contributed by atoms with Gasteiger partial charge in [0.2, 0.25) is 0 Å². The van der Waals surface area contributed by atoms with Crippen molar-refractivity contribution in [3.8, 4) is 0 Å². The minimum Gasteiger partial charge on any atom is -0.314 e. The van der Waals surface area contributed by atoms with Crippen LogP contribution in [0.3, 0.4) is 0 Å². The Balaban J connectivity index is 1.18. The molecule has 1 aromatic heterocycles. The van der Waals surface area contributed by atoms with Crippen LogP contribution < -0.4 is 5.32 Å². The molecule has 252 valence electrons. The van der Waals surface area contributed by atoms with Crippen LogP contribution in [0.2, 0.25) is 0 Å². The van der Waals surface area contributed by atoms with Gasteiger partial charge < -0.3 is 5.32 Å². The van der Waals surface area contributed by atoms with Crippen molar-refractivity contribution >= 4 is 16.0 Å². The van der Waals surface area contributed by atoms with Gasteiger partial charge in [0.05, 0.1) is 6.20 Å². The van der Waals surface area contributed by atoms with Gasteiger partial charge in [-0.25, -0.2) is 17.6 Å². The molecule has 0 radical (unpaired) electrons. The first-order valence-corrected chi connectivity index (χ1v) is 17.4. The first-order chi connectivity index (χ1) is 23.1. The van der Waals surface area contributed by atoms with Gasteiger partial charge in [-0.05, 0) is 76.9 Å². The lowest BCUT2D eigenvalue weighted by Crippen LogP contribution is -2.57. The molecule has 2 aliphatic rings. The SMILES string of the molecule is O=C(Cc1cncc(F)c1CC[C@H]1CNCCN1S(=O)(=O)N1CCc2ccccc2C1)C[C@@H](c1ccc(F)cc1)c1cc(F)cc(F)c1. The Morgan fingerprint density at radius 1 is 0.896 bits per heavy atom. The molecule has 1 fully saturated rings. The number of aromatic nitrogens is 1. The van der Waals surface area contributed by atoms with Crippen molar-refractivity contribution in [3.63, 3.8) is 0 Å². The van der Waals surface area contributed by atoms with Crippen LogP contribution in [0.5, 0.6) is 0 Å². The van der Waals surface area contributed by atoms with Gasteiger partial charge in [-0.3, -0.25) is 9.78 Å². The van der Waals surface area contributed by atoms with Gasteiger partial charge in [-0.1, -0.05) is 36.4 Å². The third-order valence-corrected chi connectivity index (χ3v) is 11.3. The maximum Gasteiger partial charge on any atom is 0.282 e. The molecule has 3 aromatic carbocycles. The Bertz CT molecular complexity index is 1870. The Labute approximate surface area is 277 Å². The first-order valence-electron chi connectivity index (χ1n) is 16.0. The van der Waals surface area contributed by atoms with E-state index in [1.807, 2.05) is 24.3 Å². The van der Waals surface area contributed by atoms with Crippen molar-refractivity contribution in [2.24, 2.45) is 0 Å². The number of halogens is 4. The van der Waals surface area contributed by atoms with Crippen LogP contribution in [-0.4, -0.2) is 60.0 Å². The number of hydrogen-bond donors (Lipinski definition) is 1. The summed E-state index contributed by atoms with van der Waals surface area (Å²) in [5.74, 6) is -3.82. The van der Waals surface area contributed by atoms with E-state index in [0.29, 0.717) is 50.1 Å². The zero-order chi connectivity index (χ0) is 33.8. The van der Waals surface area contributed by atoms with Gasteiger partial charge in [0.1, 0.15) is 29.1 Å². The van der Waals surface area contributed by atoms with Gasteiger partial charge in [-0.15, -0.1) is 0 Å². The summed E-state index contributed by atoms with van der Waals surface area (Å²) >= 11 is 0. The molecule has 1 saturated heterocycles. The number of hydrogen-bond acceptors (Lipinski definition) is 5. The molecule has 6 rings (SSSR count). The number of nitrogens with zero attached hydrogens (tertiary/aromatic N) is 3. The van der Waals surface area contributed by atoms with E-state index in [2.05, 4.69) is 10.3 Å². The summed E-state index contributed by atoms with van der Waals surface area (Å²) in [6.07, 6.45) is 3.20. The van der Waals surface area contributed by atoms with Gasteiger partial charge in [0.25, 0.3) is 10.2 Å². The standard InChI is InChI=1S/C36H36F4N4O3S/c37-29-7-5-25(6-8-29)35(27-15-30(38)18-31(39)16-27)19-33(45)17-28-20-42-22-36(40)34(28)10-9-32-21-41-12-14-44(32)48(46,47)43-13-11-24-3-1-2-4-26(24)23-43/h1-8,15-16,18,20,22,32,35,41H,9-14,17,19,21,23H2/t32-,35-/m0/s1. The van der Waals surface area contributed by atoms with Crippen LogP contribution in [-0.2, 0) is 40.8 Å². The van der Waals surface area contributed by atoms with E-state index in [1.165, 1.54) is 39.1 Å². The minimum atomic E-state index is -3.81. The maximum absolute atomic E-state index is 15.3. The van der Waals surface area contributed by atoms with Crippen molar-refractivity contribution in [2.45, 2.75) is 50.6 Å². The highest BCUT2D eigenvalue weighted by molar-refractivity contribution is 7.86. The largest absolute Gasteiger partial charge is 0.314 e. The summed E-state index contributed by atoms with van der Waals surface area (Å²) in [4.78, 5) is 17.5. The second-order valence-electron chi connectivity index (χ2n) is 12.4. The van der Waals surface area contributed by atoms with Crippen LogP contribution in [0.25, 0.3) is 0 Å². The zero-order valence-electron chi connectivity index (χ0n) is 26.2. The lowest BCUT2D eigenvalue weighted by atomic mass is 9.85. The lowest BCUT2D eigenvalue weighted by molar-refractivity contribution is -0.118. The van der Waals surface area contributed by atoms with E-state index < -0.39 is 45.4 Å². The molecular weight excluding hydrogens is 644 g/mol. The summed E-state index contributed by atoms with van der Waals surface area (Å²) in [5, 5.41) is 3.26. The predicted octanol–water partition coefficient (Wildman–Crippen LogP) is 5.48. The highest BCUT2D eigenvalue weighted by atomic mass is 32.2. The third-order valence-electron chi connectivity index (χ3n) is 9.22. The molecule has 0 amide bonds. The van der Waals surface area contributed by atoms with Crippen LogP contribution in [0.4, 0.5) is 17.6 Å². The summed E-state index contributed by atoms with van der Waals surface area (Å²) in [7, 11) is -3.81. The molecule has 0 saturated carbocycles. The summed E-state index contributed by atoms with van der Waals surface area (Å²) in [6, 6.07) is 15.7. The van der Waals surface area contributed by atoms with Crippen LogP contribution in [0, 0.1) is 23.3 Å². The second kappa shape index (κ2) is 14.7. The van der Waals surface area contributed by atoms with E-state index in [-0.39, 0.29) is 42.7 Å². The highest BCUT2D eigenvalue weighted by Gasteiger charge is 2.38. The number of piperazine rings is 1. The molecule has 0 spiro atoms. The van der Waals surface area contributed by atoms with E-state index >= 15 is 4.39 Å². The summed E-state index contributed by atoms with van der Waals surface area (Å²) in [6.45, 7) is 1.84. The molecule has 7 nitrogen and oxygen atoms in total. The minimum absolute atomic E-state index is 0.161. The number of fused-ring (bicyclic) bond motifs is 1.